The molecule has 4 N–H and O–H groups in total. The first-order valence-corrected chi connectivity index (χ1v) is 9.32. The first-order valence-electron chi connectivity index (χ1n) is 11.8. The molecule has 9 heteroatoms. The lowest BCUT2D eigenvalue weighted by atomic mass is 9.69. The Balaban J connectivity index is 1.72. The van der Waals surface area contributed by atoms with Gasteiger partial charge < -0.3 is 15.8 Å². The van der Waals surface area contributed by atoms with E-state index in [0.29, 0.717) is 5.82 Å². The van der Waals surface area contributed by atoms with Crippen molar-refractivity contribution in [3.05, 3.63) is 5.82 Å². The number of esters is 1. The van der Waals surface area contributed by atoms with Crippen molar-refractivity contribution in [1.29, 1.82) is 0 Å². The number of ether oxygens (including phenoxy) is 1. The molecule has 1 amide bonds. The summed E-state index contributed by atoms with van der Waals surface area (Å²) in [5, 5.41) is 16.4. The number of H-pyrrole nitrogens is 1. The average Bonchev–Trinajstić information content (AvgIpc) is 3.20. The minimum absolute atomic E-state index is 0.0528. The molecule has 1 aromatic heterocycles. The molecule has 0 spiro atoms. The predicted molar refractivity (Wildman–Crippen MR) is 97.2 cm³/mol. The number of fused-ring (bicyclic) bond motifs is 1. The number of aromatic amines is 1. The lowest BCUT2D eigenvalue weighted by molar-refractivity contribution is -0.153. The Morgan fingerprint density at radius 2 is 2.33 bits per heavy atom. The van der Waals surface area contributed by atoms with E-state index in [-0.39, 0.29) is 51.0 Å². The second-order valence-corrected chi connectivity index (χ2v) is 7.15. The lowest BCUT2D eigenvalue weighted by Crippen LogP contribution is -2.50. The Hall–Kier alpha value is -2.03. The zero-order valence-corrected chi connectivity index (χ0v) is 15.4. The summed E-state index contributed by atoms with van der Waals surface area (Å²) in [4.78, 5) is 23.7. The molecule has 0 unspecified atom stereocenters. The maximum atomic E-state index is 12.7. The van der Waals surface area contributed by atoms with Crippen molar-refractivity contribution in [2.24, 2.45) is 23.5 Å². The van der Waals surface area contributed by atoms with Gasteiger partial charge in [0.25, 0.3) is 0 Å². The number of hydrogen-bond donors (Lipinski definition) is 3. The molecule has 1 saturated heterocycles. The van der Waals surface area contributed by atoms with Crippen molar-refractivity contribution < 1.29 is 21.2 Å². The summed E-state index contributed by atoms with van der Waals surface area (Å²) >= 11 is 0. The number of rotatable bonds is 8. The normalized spacial score (nSPS) is 38.1. The van der Waals surface area contributed by atoms with Gasteiger partial charge in [-0.1, -0.05) is 11.6 Å². The topological polar surface area (TPSA) is 136 Å². The largest absolute Gasteiger partial charge is 0.461 e. The van der Waals surface area contributed by atoms with Crippen LogP contribution in [0.15, 0.2) is 0 Å². The highest BCUT2D eigenvalue weighted by Crippen LogP contribution is 2.40. The second kappa shape index (κ2) is 9.25. The van der Waals surface area contributed by atoms with Crippen LogP contribution in [-0.4, -0.2) is 51.2 Å². The van der Waals surface area contributed by atoms with Crippen LogP contribution >= 0.6 is 0 Å². The summed E-state index contributed by atoms with van der Waals surface area (Å²) in [6, 6.07) is -1.85. The highest BCUT2D eigenvalue weighted by molar-refractivity contribution is 5.76. The molecule has 1 aliphatic heterocycles. The Labute approximate surface area is 166 Å². The number of nitrogens with zero attached hydrogens (tertiary/aromatic N) is 3. The van der Waals surface area contributed by atoms with Crippen LogP contribution in [0.5, 0.6) is 0 Å². The summed E-state index contributed by atoms with van der Waals surface area (Å²) in [5.74, 6) is -2.98. The van der Waals surface area contributed by atoms with Crippen LogP contribution in [0.25, 0.3) is 0 Å². The van der Waals surface area contributed by atoms with Crippen LogP contribution in [-0.2, 0) is 20.7 Å². The summed E-state index contributed by atoms with van der Waals surface area (Å²) in [6.45, 7) is 1.74. The third kappa shape index (κ3) is 5.72. The maximum Gasteiger partial charge on any atom is 0.323 e. The molecule has 27 heavy (non-hydrogen) atoms. The van der Waals surface area contributed by atoms with Gasteiger partial charge >= 0.3 is 5.97 Å². The van der Waals surface area contributed by atoms with Crippen LogP contribution in [0.1, 0.15) is 64.5 Å². The maximum absolute atomic E-state index is 12.7. The van der Waals surface area contributed by atoms with E-state index in [0.717, 1.165) is 0 Å². The SMILES string of the molecule is [2H]C1([2H])C[C@H]2CN[C@]([2H])(C(=O)O[C@@H](C)CCC(N)=O)C[C@H]2C([2H])([2H])[C@H]1CCc1nn[nH]n1. The minimum Gasteiger partial charge on any atom is -0.461 e. The van der Waals surface area contributed by atoms with Gasteiger partial charge in [-0.2, -0.15) is 5.21 Å². The number of amides is 1. The number of primary amides is 1. The zero-order chi connectivity index (χ0) is 23.7. The first kappa shape index (κ1) is 14.0. The smallest absolute Gasteiger partial charge is 0.323 e. The van der Waals surface area contributed by atoms with Crippen LogP contribution in [0.4, 0.5) is 0 Å². The van der Waals surface area contributed by atoms with Gasteiger partial charge in [0.1, 0.15) is 6.02 Å². The van der Waals surface area contributed by atoms with Crippen molar-refractivity contribution in [2.75, 3.05) is 6.54 Å². The van der Waals surface area contributed by atoms with E-state index in [9.17, 15) is 9.59 Å². The van der Waals surface area contributed by atoms with Crippen LogP contribution in [0.3, 0.4) is 0 Å². The van der Waals surface area contributed by atoms with E-state index in [1.54, 1.807) is 6.92 Å². The van der Waals surface area contributed by atoms with Crippen molar-refractivity contribution in [1.82, 2.24) is 25.9 Å². The van der Waals surface area contributed by atoms with Crippen molar-refractivity contribution in [2.45, 2.75) is 70.3 Å². The van der Waals surface area contributed by atoms with Gasteiger partial charge in [-0.3, -0.25) is 9.59 Å². The molecule has 3 rings (SSSR count). The minimum atomic E-state index is -1.96. The van der Waals surface area contributed by atoms with Crippen molar-refractivity contribution >= 4 is 11.9 Å². The molecule has 9 nitrogen and oxygen atoms in total. The summed E-state index contributed by atoms with van der Waals surface area (Å²) < 4.78 is 48.6. The standard InChI is InChI=1S/C18H30N6O3/c1-11(2-6-16(19)25)27-18(26)15-9-14-8-12(3-5-13(14)10-20-15)4-7-17-21-23-24-22-17/h11-15,20H,2-10H2,1H3,(H2,19,25)(H,21,22,23,24)/t11-,12+,13-,14+,15-/m0/s1/i3D2,8D2,15D. The molecule has 1 aromatic rings. The fourth-order valence-corrected chi connectivity index (χ4v) is 3.44. The van der Waals surface area contributed by atoms with E-state index < -0.39 is 48.6 Å². The van der Waals surface area contributed by atoms with Crippen molar-refractivity contribution in [3.8, 4) is 0 Å². The number of aryl methyl sites for hydroxylation is 1. The number of hydrogen-bond acceptors (Lipinski definition) is 7. The van der Waals surface area contributed by atoms with Crippen LogP contribution in [0.2, 0.25) is 0 Å². The third-order valence-electron chi connectivity index (χ3n) is 5.01. The van der Waals surface area contributed by atoms with Gasteiger partial charge in [-0.15, -0.1) is 10.2 Å². The highest BCUT2D eigenvalue weighted by Gasteiger charge is 2.38. The van der Waals surface area contributed by atoms with Crippen LogP contribution < -0.4 is 11.1 Å². The fourth-order valence-electron chi connectivity index (χ4n) is 3.44. The van der Waals surface area contributed by atoms with Crippen LogP contribution in [0, 0.1) is 17.8 Å². The molecule has 5 atom stereocenters. The Morgan fingerprint density at radius 3 is 3.07 bits per heavy atom. The molecular formula is C18H30N6O3. The van der Waals surface area contributed by atoms with Crippen molar-refractivity contribution in [3.63, 3.8) is 0 Å². The van der Waals surface area contributed by atoms with Gasteiger partial charge in [-0.05, 0) is 63.3 Å². The Kier molecular flexibility index (Phi) is 4.81. The molecule has 1 aliphatic carbocycles. The number of aromatic nitrogens is 4. The molecule has 150 valence electrons. The number of piperidine rings is 1. The molecular weight excluding hydrogens is 348 g/mol. The molecule has 2 fully saturated rings. The van der Waals surface area contributed by atoms with E-state index in [4.69, 9.17) is 17.3 Å². The van der Waals surface area contributed by atoms with Gasteiger partial charge in [0, 0.05) is 18.3 Å². The number of nitrogens with two attached hydrogens (primary N) is 1. The van der Waals surface area contributed by atoms with Gasteiger partial charge in [0.15, 0.2) is 5.82 Å². The van der Waals surface area contributed by atoms with E-state index >= 15 is 0 Å². The van der Waals surface area contributed by atoms with Gasteiger partial charge in [0.05, 0.1) is 7.47 Å². The lowest BCUT2D eigenvalue weighted by Gasteiger charge is -2.42. The molecule has 0 radical (unpaired) electrons. The van der Waals surface area contributed by atoms with E-state index in [1.165, 1.54) is 0 Å². The quantitative estimate of drug-likeness (QED) is 0.563. The fraction of sp³-hybridized carbons (Fsp3) is 0.833. The number of tetrazole rings is 1. The molecule has 0 bridgehead atoms. The Morgan fingerprint density at radius 1 is 1.48 bits per heavy atom. The molecule has 1 saturated carbocycles. The highest BCUT2D eigenvalue weighted by atomic mass is 16.5. The van der Waals surface area contributed by atoms with E-state index in [1.807, 2.05) is 0 Å². The molecule has 2 aliphatic rings. The average molecular weight is 384 g/mol. The number of nitrogens with one attached hydrogen (secondary N) is 2. The van der Waals surface area contributed by atoms with Gasteiger partial charge in [0.2, 0.25) is 5.91 Å². The monoisotopic (exact) mass is 383 g/mol. The first-order chi connectivity index (χ1) is 14.8. The third-order valence-corrected chi connectivity index (χ3v) is 5.01. The zero-order valence-electron chi connectivity index (χ0n) is 20.4. The number of carbonyl (C=O) groups is 2. The molecule has 0 aromatic carbocycles. The predicted octanol–water partition coefficient (Wildman–Crippen LogP) is 0.724. The summed E-state index contributed by atoms with van der Waals surface area (Å²) in [5.41, 5.74) is 5.12. The second-order valence-electron chi connectivity index (χ2n) is 7.15. The number of carbonyl (C=O) groups excluding carboxylic acids is 2. The Bertz CT molecular complexity index is 826. The summed E-state index contributed by atoms with van der Waals surface area (Å²) in [6.07, 6.45) is -3.61. The molecule has 2 heterocycles. The summed E-state index contributed by atoms with van der Waals surface area (Å²) in [7, 11) is 0. The van der Waals surface area contributed by atoms with Gasteiger partial charge in [-0.25, -0.2) is 0 Å². The van der Waals surface area contributed by atoms with E-state index in [2.05, 4.69) is 25.9 Å².